The Hall–Kier alpha value is -0.500. The van der Waals surface area contributed by atoms with Gasteiger partial charge in [0.15, 0.2) is 0 Å². The van der Waals surface area contributed by atoms with E-state index >= 15 is 0 Å². The molecule has 0 saturated carbocycles. The minimum absolute atomic E-state index is 0.445. The number of halogens is 6. The lowest BCUT2D eigenvalue weighted by Crippen LogP contribution is -2.51. The summed E-state index contributed by atoms with van der Waals surface area (Å²) in [7, 11) is 0. The van der Waals surface area contributed by atoms with Crippen LogP contribution >= 0.6 is 0 Å². The molecule has 2 N–H and O–H groups in total. The highest BCUT2D eigenvalue weighted by Crippen LogP contribution is 2.33. The summed E-state index contributed by atoms with van der Waals surface area (Å²) in [5.74, 6) is 0. The Bertz CT molecular complexity index is 252. The molecule has 0 saturated heterocycles. The lowest BCUT2D eigenvalue weighted by atomic mass is 9.90. The highest BCUT2D eigenvalue weighted by atomic mass is 19.4. The van der Waals surface area contributed by atoms with Gasteiger partial charge in [-0.3, -0.25) is 0 Å². The third-order valence-electron chi connectivity index (χ3n) is 2.42. The van der Waals surface area contributed by atoms with Gasteiger partial charge in [0.25, 0.3) is 0 Å². The Kier molecular flexibility index (Phi) is 5.93. The molecule has 2 atom stereocenters. The Labute approximate surface area is 101 Å². The molecule has 0 rings (SSSR count). The zero-order chi connectivity index (χ0) is 14.6. The summed E-state index contributed by atoms with van der Waals surface area (Å²) in [5, 5.41) is 11.2. The van der Waals surface area contributed by atoms with Crippen molar-refractivity contribution in [3.05, 3.63) is 0 Å². The van der Waals surface area contributed by atoms with Gasteiger partial charge in [0.05, 0.1) is 13.0 Å². The summed E-state index contributed by atoms with van der Waals surface area (Å²) in [6, 6.07) is -0.703. The van der Waals surface area contributed by atoms with Crippen LogP contribution < -0.4 is 5.32 Å². The van der Waals surface area contributed by atoms with Crippen molar-refractivity contribution in [1.29, 1.82) is 0 Å². The molecule has 0 spiro atoms. The minimum atomic E-state index is -4.57. The van der Waals surface area contributed by atoms with Gasteiger partial charge in [-0.2, -0.15) is 26.3 Å². The van der Waals surface area contributed by atoms with Crippen LogP contribution in [0.25, 0.3) is 0 Å². The first kappa shape index (κ1) is 17.5. The highest BCUT2D eigenvalue weighted by molar-refractivity contribution is 4.88. The van der Waals surface area contributed by atoms with Crippen molar-refractivity contribution in [2.45, 2.75) is 57.0 Å². The molecule has 0 heterocycles. The average Bonchev–Trinajstić information content (AvgIpc) is 2.10. The van der Waals surface area contributed by atoms with Crippen molar-refractivity contribution < 1.29 is 31.4 Å². The van der Waals surface area contributed by atoms with E-state index in [-0.39, 0.29) is 0 Å². The van der Waals surface area contributed by atoms with Crippen LogP contribution in [0.5, 0.6) is 0 Å². The number of alkyl halides is 6. The van der Waals surface area contributed by atoms with Crippen molar-refractivity contribution in [3.8, 4) is 0 Å². The van der Waals surface area contributed by atoms with E-state index in [1.807, 2.05) is 0 Å². The lowest BCUT2D eigenvalue weighted by molar-refractivity contribution is -0.162. The van der Waals surface area contributed by atoms with Crippen LogP contribution in [0.2, 0.25) is 0 Å². The highest BCUT2D eigenvalue weighted by Gasteiger charge is 2.42. The van der Waals surface area contributed by atoms with E-state index in [2.05, 4.69) is 5.32 Å². The van der Waals surface area contributed by atoms with Gasteiger partial charge in [0.2, 0.25) is 0 Å². The summed E-state index contributed by atoms with van der Waals surface area (Å²) < 4.78 is 73.3. The van der Waals surface area contributed by atoms with Crippen LogP contribution in [-0.2, 0) is 0 Å². The first-order chi connectivity index (χ1) is 7.87. The van der Waals surface area contributed by atoms with Crippen molar-refractivity contribution in [1.82, 2.24) is 5.32 Å². The second-order valence-corrected chi connectivity index (χ2v) is 4.70. The SMILES string of the molecule is CC(CO)NC(C)(CCC(F)(F)F)CC(F)(F)F. The predicted molar refractivity (Wildman–Crippen MR) is 54.0 cm³/mol. The number of rotatable bonds is 6. The topological polar surface area (TPSA) is 32.3 Å². The number of hydrogen-bond donors (Lipinski definition) is 2. The van der Waals surface area contributed by atoms with E-state index in [1.165, 1.54) is 6.92 Å². The fourth-order valence-electron chi connectivity index (χ4n) is 1.71. The van der Waals surface area contributed by atoms with E-state index in [1.54, 1.807) is 0 Å². The minimum Gasteiger partial charge on any atom is -0.395 e. The standard InChI is InChI=1S/C10H17F6NO/c1-7(5-18)17-8(2,6-10(14,15)16)3-4-9(11,12)13/h7,17-18H,3-6H2,1-2H3. The average molecular weight is 281 g/mol. The van der Waals surface area contributed by atoms with Gasteiger partial charge in [-0.15, -0.1) is 0 Å². The molecule has 0 aliphatic heterocycles. The third kappa shape index (κ3) is 8.57. The Morgan fingerprint density at radius 1 is 1.00 bits per heavy atom. The Morgan fingerprint density at radius 2 is 1.50 bits per heavy atom. The van der Waals surface area contributed by atoms with E-state index in [0.29, 0.717) is 0 Å². The lowest BCUT2D eigenvalue weighted by Gasteiger charge is -2.34. The van der Waals surface area contributed by atoms with E-state index < -0.39 is 49.8 Å². The van der Waals surface area contributed by atoms with Gasteiger partial charge >= 0.3 is 12.4 Å². The molecule has 2 unspecified atom stereocenters. The molecule has 0 radical (unpaired) electrons. The summed E-state index contributed by atoms with van der Waals surface area (Å²) in [5.41, 5.74) is -1.74. The summed E-state index contributed by atoms with van der Waals surface area (Å²) >= 11 is 0. The van der Waals surface area contributed by atoms with Crippen molar-refractivity contribution in [2.75, 3.05) is 6.61 Å². The molecule has 110 valence electrons. The number of hydrogen-bond acceptors (Lipinski definition) is 2. The molecular weight excluding hydrogens is 264 g/mol. The summed E-state index contributed by atoms with van der Waals surface area (Å²) in [4.78, 5) is 0. The molecule has 0 aliphatic rings. The van der Waals surface area contributed by atoms with Crippen molar-refractivity contribution in [2.24, 2.45) is 0 Å². The van der Waals surface area contributed by atoms with Gasteiger partial charge in [0, 0.05) is 18.0 Å². The monoisotopic (exact) mass is 281 g/mol. The molecule has 8 heteroatoms. The Balaban J connectivity index is 4.69. The molecule has 0 aliphatic carbocycles. The molecule has 0 aromatic rings. The van der Waals surface area contributed by atoms with Crippen molar-refractivity contribution >= 4 is 0 Å². The molecule has 2 nitrogen and oxygen atoms in total. The van der Waals surface area contributed by atoms with Crippen LogP contribution in [0.1, 0.15) is 33.1 Å². The number of aliphatic hydroxyl groups excluding tert-OH is 1. The molecule has 0 amide bonds. The first-order valence-corrected chi connectivity index (χ1v) is 5.39. The second kappa shape index (κ2) is 6.10. The van der Waals surface area contributed by atoms with E-state index in [4.69, 9.17) is 5.11 Å². The van der Waals surface area contributed by atoms with E-state index in [9.17, 15) is 26.3 Å². The smallest absolute Gasteiger partial charge is 0.390 e. The maximum atomic E-state index is 12.3. The Morgan fingerprint density at radius 3 is 1.83 bits per heavy atom. The van der Waals surface area contributed by atoms with Crippen LogP contribution in [0.15, 0.2) is 0 Å². The fraction of sp³-hybridized carbons (Fsp3) is 1.00. The molecule has 0 fully saturated rings. The van der Waals surface area contributed by atoms with Crippen molar-refractivity contribution in [3.63, 3.8) is 0 Å². The van der Waals surface area contributed by atoms with Gasteiger partial charge < -0.3 is 10.4 Å². The zero-order valence-electron chi connectivity index (χ0n) is 10.1. The van der Waals surface area contributed by atoms with Gasteiger partial charge in [0.1, 0.15) is 0 Å². The number of nitrogens with one attached hydrogen (secondary N) is 1. The van der Waals surface area contributed by atoms with Crippen LogP contribution in [-0.4, -0.2) is 35.6 Å². The summed E-state index contributed by atoms with van der Waals surface area (Å²) in [6.07, 6.45) is -12.4. The molecule has 0 aromatic heterocycles. The van der Waals surface area contributed by atoms with Crippen LogP contribution in [0.3, 0.4) is 0 Å². The predicted octanol–water partition coefficient (Wildman–Crippen LogP) is 3.01. The van der Waals surface area contributed by atoms with Gasteiger partial charge in [-0.25, -0.2) is 0 Å². The molecular formula is C10H17F6NO. The zero-order valence-corrected chi connectivity index (χ0v) is 10.1. The normalized spacial score (nSPS) is 18.5. The second-order valence-electron chi connectivity index (χ2n) is 4.70. The summed E-state index contributed by atoms with van der Waals surface area (Å²) in [6.45, 7) is 2.04. The first-order valence-electron chi connectivity index (χ1n) is 5.39. The molecule has 18 heavy (non-hydrogen) atoms. The molecule has 0 bridgehead atoms. The third-order valence-corrected chi connectivity index (χ3v) is 2.42. The quantitative estimate of drug-likeness (QED) is 0.734. The van der Waals surface area contributed by atoms with E-state index in [0.717, 1.165) is 6.92 Å². The maximum Gasteiger partial charge on any atom is 0.390 e. The van der Waals surface area contributed by atoms with Crippen LogP contribution in [0.4, 0.5) is 26.3 Å². The van der Waals surface area contributed by atoms with Gasteiger partial charge in [-0.05, 0) is 20.3 Å². The number of aliphatic hydroxyl groups is 1. The molecule has 0 aromatic carbocycles. The van der Waals surface area contributed by atoms with Gasteiger partial charge in [-0.1, -0.05) is 0 Å². The largest absolute Gasteiger partial charge is 0.395 e. The van der Waals surface area contributed by atoms with Crippen LogP contribution in [0, 0.1) is 0 Å². The maximum absolute atomic E-state index is 12.3. The fourth-order valence-corrected chi connectivity index (χ4v) is 1.71.